The summed E-state index contributed by atoms with van der Waals surface area (Å²) in [7, 11) is 1.67. The number of guanidine groups is 1. The Balaban J connectivity index is 0.00000784. The van der Waals surface area contributed by atoms with E-state index >= 15 is 0 Å². The van der Waals surface area contributed by atoms with Crippen molar-refractivity contribution in [3.05, 3.63) is 15.6 Å². The fourth-order valence-corrected chi connectivity index (χ4v) is 3.29. The molecule has 0 spiro atoms. The Morgan fingerprint density at radius 3 is 2.66 bits per heavy atom. The van der Waals surface area contributed by atoms with Gasteiger partial charge in [-0.2, -0.15) is 0 Å². The van der Waals surface area contributed by atoms with E-state index in [0.717, 1.165) is 30.4 Å². The molecule has 0 saturated heterocycles. The van der Waals surface area contributed by atoms with Gasteiger partial charge in [0.05, 0.1) is 31.6 Å². The van der Waals surface area contributed by atoms with E-state index in [1.54, 1.807) is 14.0 Å². The topological polar surface area (TPSA) is 94.1 Å². The van der Waals surface area contributed by atoms with Gasteiger partial charge in [0.15, 0.2) is 5.96 Å². The standard InChI is InChI=1S/C19H34N4O4S.HI/c1-6-20-19(21-10-8-9-11-26-13-12-25-5)23-15(4)17-22-14(3)16(28-17)18(24)27-7-2;/h15H,6-13H2,1-5H3,(H2,20,21,23);1H. The minimum Gasteiger partial charge on any atom is -0.462 e. The summed E-state index contributed by atoms with van der Waals surface area (Å²) in [5, 5.41) is 7.43. The zero-order chi connectivity index (χ0) is 20.8. The highest BCUT2D eigenvalue weighted by Crippen LogP contribution is 2.24. The molecule has 0 aliphatic carbocycles. The molecule has 29 heavy (non-hydrogen) atoms. The lowest BCUT2D eigenvalue weighted by Crippen LogP contribution is -2.38. The summed E-state index contributed by atoms with van der Waals surface area (Å²) >= 11 is 1.36. The van der Waals surface area contributed by atoms with Crippen LogP contribution in [0.15, 0.2) is 4.99 Å². The molecule has 0 aliphatic rings. The van der Waals surface area contributed by atoms with Gasteiger partial charge in [-0.15, -0.1) is 35.3 Å². The summed E-state index contributed by atoms with van der Waals surface area (Å²) < 4.78 is 15.5. The van der Waals surface area contributed by atoms with Gasteiger partial charge in [-0.05, 0) is 40.5 Å². The molecule has 168 valence electrons. The molecule has 1 aromatic heterocycles. The molecule has 0 aliphatic heterocycles. The maximum Gasteiger partial charge on any atom is 0.350 e. The first-order chi connectivity index (χ1) is 13.5. The van der Waals surface area contributed by atoms with Gasteiger partial charge in [0.2, 0.25) is 0 Å². The van der Waals surface area contributed by atoms with Crippen molar-refractivity contribution in [2.45, 2.75) is 46.6 Å². The fourth-order valence-electron chi connectivity index (χ4n) is 2.33. The summed E-state index contributed by atoms with van der Waals surface area (Å²) in [6.45, 7) is 11.5. The Morgan fingerprint density at radius 2 is 2.00 bits per heavy atom. The average molecular weight is 542 g/mol. The van der Waals surface area contributed by atoms with E-state index < -0.39 is 0 Å². The number of ether oxygens (including phenoxy) is 3. The Kier molecular flexibility index (Phi) is 16.2. The van der Waals surface area contributed by atoms with Gasteiger partial charge in [0, 0.05) is 26.8 Å². The number of carbonyl (C=O) groups excluding carboxylic acids is 1. The summed E-state index contributed by atoms with van der Waals surface area (Å²) in [5.74, 6) is 0.421. The summed E-state index contributed by atoms with van der Waals surface area (Å²) in [4.78, 5) is 21.7. The second-order valence-electron chi connectivity index (χ2n) is 6.13. The van der Waals surface area contributed by atoms with Gasteiger partial charge >= 0.3 is 5.97 Å². The second kappa shape index (κ2) is 16.8. The van der Waals surface area contributed by atoms with Crippen molar-refractivity contribution >= 4 is 47.2 Å². The maximum atomic E-state index is 12.0. The Bertz CT molecular complexity index is 613. The molecule has 0 saturated carbocycles. The van der Waals surface area contributed by atoms with Crippen molar-refractivity contribution in [2.75, 3.05) is 46.6 Å². The van der Waals surface area contributed by atoms with Crippen molar-refractivity contribution in [3.8, 4) is 0 Å². The largest absolute Gasteiger partial charge is 0.462 e. The van der Waals surface area contributed by atoms with Crippen LogP contribution in [0.4, 0.5) is 0 Å². The van der Waals surface area contributed by atoms with Crippen LogP contribution in [0.1, 0.15) is 60.0 Å². The Hall–Kier alpha value is -0.980. The molecule has 0 bridgehead atoms. The Labute approximate surface area is 195 Å². The number of aromatic nitrogens is 1. The first-order valence-corrected chi connectivity index (χ1v) is 10.6. The number of hydrogen-bond donors (Lipinski definition) is 2. The molecule has 1 heterocycles. The molecule has 0 amide bonds. The zero-order valence-electron chi connectivity index (χ0n) is 18.1. The van der Waals surface area contributed by atoms with Crippen LogP contribution in [-0.4, -0.2) is 63.5 Å². The highest BCUT2D eigenvalue weighted by molar-refractivity contribution is 14.0. The number of nitrogens with zero attached hydrogens (tertiary/aromatic N) is 2. The molecule has 1 unspecified atom stereocenters. The molecule has 2 N–H and O–H groups in total. The predicted octanol–water partition coefficient (Wildman–Crippen LogP) is 3.31. The zero-order valence-corrected chi connectivity index (χ0v) is 21.2. The number of esters is 1. The van der Waals surface area contributed by atoms with Gasteiger partial charge in [-0.25, -0.2) is 9.78 Å². The van der Waals surface area contributed by atoms with Crippen molar-refractivity contribution in [3.63, 3.8) is 0 Å². The van der Waals surface area contributed by atoms with Crippen molar-refractivity contribution in [1.82, 2.24) is 15.6 Å². The highest BCUT2D eigenvalue weighted by Gasteiger charge is 2.20. The van der Waals surface area contributed by atoms with Crippen LogP contribution in [-0.2, 0) is 14.2 Å². The summed E-state index contributed by atoms with van der Waals surface area (Å²) in [6, 6.07) is -0.0675. The van der Waals surface area contributed by atoms with E-state index in [2.05, 4.69) is 20.6 Å². The van der Waals surface area contributed by atoms with E-state index in [-0.39, 0.29) is 36.0 Å². The molecule has 0 fully saturated rings. The third-order valence-corrected chi connectivity index (χ3v) is 5.06. The van der Waals surface area contributed by atoms with E-state index in [0.29, 0.717) is 43.5 Å². The van der Waals surface area contributed by atoms with Crippen LogP contribution >= 0.6 is 35.3 Å². The van der Waals surface area contributed by atoms with Crippen LogP contribution < -0.4 is 10.6 Å². The lowest BCUT2D eigenvalue weighted by Gasteiger charge is -2.16. The number of hydrogen-bond acceptors (Lipinski definition) is 7. The minimum absolute atomic E-state index is 0. The van der Waals surface area contributed by atoms with Crippen molar-refractivity contribution in [1.29, 1.82) is 0 Å². The number of aryl methyl sites for hydroxylation is 1. The quantitative estimate of drug-likeness (QED) is 0.130. The number of thiazole rings is 1. The van der Waals surface area contributed by atoms with Gasteiger partial charge in [-0.3, -0.25) is 4.99 Å². The number of unbranched alkanes of at least 4 members (excludes halogenated alkanes) is 1. The number of methoxy groups -OCH3 is 1. The van der Waals surface area contributed by atoms with E-state index in [4.69, 9.17) is 14.2 Å². The highest BCUT2D eigenvalue weighted by atomic mass is 127. The first-order valence-electron chi connectivity index (χ1n) is 9.79. The number of carbonyl (C=O) groups is 1. The minimum atomic E-state index is -0.316. The first kappa shape index (κ1) is 28.0. The number of halogens is 1. The monoisotopic (exact) mass is 542 g/mol. The predicted molar refractivity (Wildman–Crippen MR) is 128 cm³/mol. The van der Waals surface area contributed by atoms with Gasteiger partial charge in [-0.1, -0.05) is 0 Å². The van der Waals surface area contributed by atoms with Crippen molar-refractivity contribution in [2.24, 2.45) is 4.99 Å². The van der Waals surface area contributed by atoms with Crippen LogP contribution in [0, 0.1) is 6.92 Å². The third kappa shape index (κ3) is 11.1. The second-order valence-corrected chi connectivity index (χ2v) is 7.16. The molecular weight excluding hydrogens is 507 g/mol. The van der Waals surface area contributed by atoms with E-state index in [1.807, 2.05) is 20.8 Å². The molecule has 1 rings (SSSR count). The third-order valence-electron chi connectivity index (χ3n) is 3.74. The number of aliphatic imine (C=N–C) groups is 1. The number of nitrogens with one attached hydrogen (secondary N) is 2. The molecular formula is C19H35IN4O4S. The van der Waals surface area contributed by atoms with Crippen LogP contribution in [0.3, 0.4) is 0 Å². The van der Waals surface area contributed by atoms with Gasteiger partial charge in [0.1, 0.15) is 9.88 Å². The fraction of sp³-hybridized carbons (Fsp3) is 0.737. The van der Waals surface area contributed by atoms with E-state index in [9.17, 15) is 4.79 Å². The van der Waals surface area contributed by atoms with Crippen LogP contribution in [0.2, 0.25) is 0 Å². The molecule has 8 nitrogen and oxygen atoms in total. The summed E-state index contributed by atoms with van der Waals surface area (Å²) in [5.41, 5.74) is 0.697. The molecule has 1 aromatic rings. The average Bonchev–Trinajstić information content (AvgIpc) is 3.06. The normalized spacial score (nSPS) is 12.2. The van der Waals surface area contributed by atoms with Crippen molar-refractivity contribution < 1.29 is 19.0 Å². The van der Waals surface area contributed by atoms with Crippen LogP contribution in [0.5, 0.6) is 0 Å². The number of rotatable bonds is 13. The molecule has 0 aromatic carbocycles. The van der Waals surface area contributed by atoms with E-state index in [1.165, 1.54) is 11.3 Å². The smallest absolute Gasteiger partial charge is 0.350 e. The lowest BCUT2D eigenvalue weighted by atomic mass is 10.3. The van der Waals surface area contributed by atoms with Gasteiger partial charge in [0.25, 0.3) is 0 Å². The van der Waals surface area contributed by atoms with Crippen LogP contribution in [0.25, 0.3) is 0 Å². The molecule has 0 radical (unpaired) electrons. The lowest BCUT2D eigenvalue weighted by molar-refractivity contribution is 0.0531. The van der Waals surface area contributed by atoms with Gasteiger partial charge < -0.3 is 24.8 Å². The molecule has 10 heteroatoms. The SMILES string of the molecule is CCNC(=NCCCCOCCOC)NC(C)c1nc(C)c(C(=O)OCC)s1.I. The maximum absolute atomic E-state index is 12.0. The Morgan fingerprint density at radius 1 is 1.24 bits per heavy atom. The summed E-state index contributed by atoms with van der Waals surface area (Å²) in [6.07, 6.45) is 1.90. The molecule has 1 atom stereocenters.